The Kier molecular flexibility index (Phi) is 9.17. The molecule has 1 aromatic carbocycles. The molecule has 1 aliphatic rings. The van der Waals surface area contributed by atoms with Crippen molar-refractivity contribution in [2.75, 3.05) is 13.2 Å². The molecular formula is C27H33N3O4. The van der Waals surface area contributed by atoms with Crippen LogP contribution in [0.3, 0.4) is 0 Å². The molecule has 1 atom stereocenters. The predicted octanol–water partition coefficient (Wildman–Crippen LogP) is 4.06. The van der Waals surface area contributed by atoms with Crippen LogP contribution in [0, 0.1) is 25.2 Å². The van der Waals surface area contributed by atoms with E-state index >= 15 is 0 Å². The van der Waals surface area contributed by atoms with Gasteiger partial charge in [-0.05, 0) is 93.7 Å². The second-order valence-electron chi connectivity index (χ2n) is 8.93. The van der Waals surface area contributed by atoms with Crippen molar-refractivity contribution < 1.29 is 19.4 Å². The summed E-state index contributed by atoms with van der Waals surface area (Å²) in [6, 6.07) is 8.61. The molecule has 2 N–H and O–H groups in total. The highest BCUT2D eigenvalue weighted by Gasteiger charge is 2.22. The number of hydrogen-bond acceptors (Lipinski definition) is 5. The number of aliphatic carboxylic acids is 1. The van der Waals surface area contributed by atoms with Gasteiger partial charge >= 0.3 is 5.97 Å². The normalized spacial score (nSPS) is 13.6. The molecule has 7 heteroatoms. The number of ether oxygens (including phenoxy) is 1. The van der Waals surface area contributed by atoms with E-state index in [0.29, 0.717) is 28.9 Å². The molecule has 0 spiro atoms. The molecule has 0 fully saturated rings. The zero-order chi connectivity index (χ0) is 24.5. The van der Waals surface area contributed by atoms with Crippen LogP contribution in [0.1, 0.15) is 76.1 Å². The van der Waals surface area contributed by atoms with Gasteiger partial charge in [-0.25, -0.2) is 4.79 Å². The first kappa shape index (κ1) is 25.4. The summed E-state index contributed by atoms with van der Waals surface area (Å²) in [6.07, 6.45) is 7.62. The minimum absolute atomic E-state index is 0.182. The van der Waals surface area contributed by atoms with Crippen molar-refractivity contribution in [2.24, 2.45) is 0 Å². The van der Waals surface area contributed by atoms with Crippen molar-refractivity contribution in [1.82, 2.24) is 10.3 Å². The van der Waals surface area contributed by atoms with Crippen LogP contribution in [0.15, 0.2) is 24.3 Å². The van der Waals surface area contributed by atoms with Crippen molar-refractivity contribution in [1.29, 1.82) is 5.26 Å². The second kappa shape index (κ2) is 12.3. The first-order chi connectivity index (χ1) is 16.4. The summed E-state index contributed by atoms with van der Waals surface area (Å²) in [5.74, 6) is -1.55. The van der Waals surface area contributed by atoms with E-state index in [4.69, 9.17) is 15.0 Å². The standard InChI is InChI=1S/C27H33N3O4/c1-18-15-20(17-28)16-19(2)25(18)26(31)30-24(27(32)33)12-14-34-13-6-5-8-22-11-10-21-7-3-4-9-23(21)29-22/h10-11,15-16,24H,3-9,12-14H2,1-2H3,(H,30,31)(H,32,33)/t24-/m0/s1. The van der Waals surface area contributed by atoms with Gasteiger partial charge in [-0.3, -0.25) is 9.78 Å². The van der Waals surface area contributed by atoms with E-state index in [1.165, 1.54) is 24.1 Å². The summed E-state index contributed by atoms with van der Waals surface area (Å²) in [5.41, 5.74) is 5.93. The minimum Gasteiger partial charge on any atom is -0.480 e. The number of benzene rings is 1. The number of hydrogen-bond donors (Lipinski definition) is 2. The number of carboxylic acids is 1. The summed E-state index contributed by atoms with van der Waals surface area (Å²) in [6.45, 7) is 4.27. The number of carbonyl (C=O) groups is 2. The Bertz CT molecular complexity index is 1050. The predicted molar refractivity (Wildman–Crippen MR) is 129 cm³/mol. The van der Waals surface area contributed by atoms with Crippen molar-refractivity contribution in [3.05, 3.63) is 63.5 Å². The zero-order valence-electron chi connectivity index (χ0n) is 20.0. The quantitative estimate of drug-likeness (QED) is 0.486. The van der Waals surface area contributed by atoms with Gasteiger partial charge in [0.25, 0.3) is 5.91 Å². The van der Waals surface area contributed by atoms with Crippen LogP contribution < -0.4 is 5.32 Å². The number of aromatic nitrogens is 1. The lowest BCUT2D eigenvalue weighted by atomic mass is 9.95. The Morgan fingerprint density at radius 2 is 1.88 bits per heavy atom. The number of nitrogens with zero attached hydrogens (tertiary/aromatic N) is 2. The number of rotatable bonds is 11. The van der Waals surface area contributed by atoms with Crippen LogP contribution in [-0.4, -0.2) is 41.2 Å². The lowest BCUT2D eigenvalue weighted by Crippen LogP contribution is -2.42. The van der Waals surface area contributed by atoms with Crippen LogP contribution in [0.5, 0.6) is 0 Å². The number of unbranched alkanes of at least 4 members (excludes halogenated alkanes) is 1. The molecule has 2 aromatic rings. The molecule has 1 heterocycles. The number of carboxylic acid groups (broad SMARTS) is 1. The summed E-state index contributed by atoms with van der Waals surface area (Å²) in [7, 11) is 0. The molecule has 0 bridgehead atoms. The SMILES string of the molecule is Cc1cc(C#N)cc(C)c1C(=O)N[C@@H](CCOCCCCc1ccc2c(n1)CCCC2)C(=O)O. The molecule has 7 nitrogen and oxygen atoms in total. The molecule has 1 amide bonds. The number of nitriles is 1. The van der Waals surface area contributed by atoms with Gasteiger partial charge in [-0.15, -0.1) is 0 Å². The average Bonchev–Trinajstić information content (AvgIpc) is 2.81. The number of fused-ring (bicyclic) bond motifs is 1. The maximum Gasteiger partial charge on any atom is 0.326 e. The Balaban J connectivity index is 1.39. The molecule has 0 aliphatic heterocycles. The third-order valence-electron chi connectivity index (χ3n) is 6.25. The molecule has 34 heavy (non-hydrogen) atoms. The van der Waals surface area contributed by atoms with E-state index in [9.17, 15) is 14.7 Å². The van der Waals surface area contributed by atoms with Gasteiger partial charge < -0.3 is 15.2 Å². The first-order valence-electron chi connectivity index (χ1n) is 12.0. The van der Waals surface area contributed by atoms with E-state index in [-0.39, 0.29) is 13.0 Å². The van der Waals surface area contributed by atoms with Crippen molar-refractivity contribution in [2.45, 2.75) is 71.3 Å². The molecular weight excluding hydrogens is 430 g/mol. The fourth-order valence-electron chi connectivity index (χ4n) is 4.45. The lowest BCUT2D eigenvalue weighted by molar-refractivity contribution is -0.139. The van der Waals surface area contributed by atoms with Gasteiger partial charge in [-0.2, -0.15) is 5.26 Å². The lowest BCUT2D eigenvalue weighted by Gasteiger charge is -2.17. The van der Waals surface area contributed by atoms with Gasteiger partial charge in [0.2, 0.25) is 0 Å². The summed E-state index contributed by atoms with van der Waals surface area (Å²) < 4.78 is 5.64. The zero-order valence-corrected chi connectivity index (χ0v) is 20.0. The maximum absolute atomic E-state index is 12.7. The highest BCUT2D eigenvalue weighted by Crippen LogP contribution is 2.20. The van der Waals surface area contributed by atoms with E-state index in [0.717, 1.165) is 37.8 Å². The van der Waals surface area contributed by atoms with E-state index in [1.54, 1.807) is 26.0 Å². The van der Waals surface area contributed by atoms with Gasteiger partial charge in [0.05, 0.1) is 11.6 Å². The van der Waals surface area contributed by atoms with Crippen LogP contribution in [0.25, 0.3) is 0 Å². The van der Waals surface area contributed by atoms with Crippen LogP contribution >= 0.6 is 0 Å². The third-order valence-corrected chi connectivity index (χ3v) is 6.25. The largest absolute Gasteiger partial charge is 0.480 e. The highest BCUT2D eigenvalue weighted by molar-refractivity contribution is 5.99. The number of pyridine rings is 1. The topological polar surface area (TPSA) is 112 Å². The van der Waals surface area contributed by atoms with Crippen LogP contribution in [-0.2, 0) is 28.8 Å². The Labute approximate surface area is 201 Å². The molecule has 0 saturated carbocycles. The molecule has 180 valence electrons. The van der Waals surface area contributed by atoms with Gasteiger partial charge in [0.1, 0.15) is 6.04 Å². The Morgan fingerprint density at radius 3 is 2.59 bits per heavy atom. The Hall–Kier alpha value is -3.24. The van der Waals surface area contributed by atoms with Crippen molar-refractivity contribution in [3.63, 3.8) is 0 Å². The number of amides is 1. The molecule has 1 aliphatic carbocycles. The van der Waals surface area contributed by atoms with Crippen molar-refractivity contribution >= 4 is 11.9 Å². The fraction of sp³-hybridized carbons (Fsp3) is 0.481. The second-order valence-corrected chi connectivity index (χ2v) is 8.93. The minimum atomic E-state index is -1.10. The van der Waals surface area contributed by atoms with Gasteiger partial charge in [-0.1, -0.05) is 6.07 Å². The fourth-order valence-corrected chi connectivity index (χ4v) is 4.45. The smallest absolute Gasteiger partial charge is 0.326 e. The monoisotopic (exact) mass is 463 g/mol. The third kappa shape index (κ3) is 6.88. The average molecular weight is 464 g/mol. The maximum atomic E-state index is 12.7. The summed E-state index contributed by atoms with van der Waals surface area (Å²) >= 11 is 0. The number of nitrogens with one attached hydrogen (secondary N) is 1. The summed E-state index contributed by atoms with van der Waals surface area (Å²) in [4.78, 5) is 29.1. The molecule has 1 aromatic heterocycles. The number of aryl methyl sites for hydroxylation is 5. The van der Waals surface area contributed by atoms with Gasteiger partial charge in [0.15, 0.2) is 0 Å². The molecule has 3 rings (SSSR count). The first-order valence-corrected chi connectivity index (χ1v) is 12.0. The van der Waals surface area contributed by atoms with Gasteiger partial charge in [0, 0.05) is 36.6 Å². The van der Waals surface area contributed by atoms with Crippen molar-refractivity contribution in [3.8, 4) is 6.07 Å². The van der Waals surface area contributed by atoms with Crippen LogP contribution in [0.4, 0.5) is 0 Å². The number of carbonyl (C=O) groups excluding carboxylic acids is 1. The summed E-state index contributed by atoms with van der Waals surface area (Å²) in [5, 5.41) is 21.2. The van der Waals surface area contributed by atoms with Crippen LogP contribution in [0.2, 0.25) is 0 Å². The molecule has 0 saturated heterocycles. The Morgan fingerprint density at radius 1 is 1.15 bits per heavy atom. The van der Waals surface area contributed by atoms with E-state index in [2.05, 4.69) is 23.5 Å². The molecule has 0 unspecified atom stereocenters. The highest BCUT2D eigenvalue weighted by atomic mass is 16.5. The van der Waals surface area contributed by atoms with E-state index < -0.39 is 17.9 Å². The van der Waals surface area contributed by atoms with E-state index in [1.807, 2.05) is 0 Å². The molecule has 0 radical (unpaired) electrons.